The lowest BCUT2D eigenvalue weighted by Gasteiger charge is -2.13. The molecule has 8 heteroatoms. The number of hydrogen-bond donors (Lipinski definition) is 2. The van der Waals surface area contributed by atoms with Crippen molar-refractivity contribution in [2.75, 3.05) is 6.61 Å². The first kappa shape index (κ1) is 14.1. The molecular weight excluding hydrogens is 240 g/mol. The predicted octanol–water partition coefficient (Wildman–Crippen LogP) is 0.0685. The van der Waals surface area contributed by atoms with Crippen LogP contribution in [0.4, 0.5) is 5.82 Å². The molecule has 1 heterocycles. The van der Waals surface area contributed by atoms with E-state index in [1.54, 1.807) is 0 Å². The summed E-state index contributed by atoms with van der Waals surface area (Å²) in [4.78, 5) is 24.9. The molecule has 1 atom stereocenters. The highest BCUT2D eigenvalue weighted by Gasteiger charge is 2.12. The number of aromatic nitrogens is 2. The van der Waals surface area contributed by atoms with Gasteiger partial charge in [0.1, 0.15) is 6.20 Å². The van der Waals surface area contributed by atoms with Crippen molar-refractivity contribution < 1.29 is 14.8 Å². The maximum atomic E-state index is 11.5. The molecule has 0 bridgehead atoms. The van der Waals surface area contributed by atoms with Gasteiger partial charge in [0.05, 0.1) is 12.6 Å². The molecule has 1 rings (SSSR count). The first-order chi connectivity index (χ1) is 8.56. The van der Waals surface area contributed by atoms with Gasteiger partial charge in [-0.1, -0.05) is 6.92 Å². The van der Waals surface area contributed by atoms with Crippen LogP contribution in [0.3, 0.4) is 0 Å². The average Bonchev–Trinajstić information content (AvgIpc) is 2.82. The molecule has 0 saturated carbocycles. The lowest BCUT2D eigenvalue weighted by molar-refractivity contribution is -0.389. The molecule has 0 saturated heterocycles. The van der Waals surface area contributed by atoms with Crippen LogP contribution in [-0.4, -0.2) is 38.1 Å². The van der Waals surface area contributed by atoms with Gasteiger partial charge in [0.25, 0.3) is 0 Å². The molecule has 100 valence electrons. The molecule has 1 aromatic heterocycles. The van der Waals surface area contributed by atoms with Crippen LogP contribution in [0.25, 0.3) is 0 Å². The molecule has 2 N–H and O–H groups in total. The van der Waals surface area contributed by atoms with E-state index in [-0.39, 0.29) is 30.8 Å². The van der Waals surface area contributed by atoms with E-state index in [2.05, 4.69) is 10.3 Å². The van der Waals surface area contributed by atoms with Crippen LogP contribution >= 0.6 is 0 Å². The summed E-state index contributed by atoms with van der Waals surface area (Å²) in [5.74, 6) is -0.440. The minimum atomic E-state index is -0.588. The number of nitrogens with one attached hydrogen (secondary N) is 1. The standard InChI is InChI=1S/C10H16N4O4/c1-2-8(6-15)12-10(16)3-4-13-5-9(11-7-13)14(17)18/h5,7-8,15H,2-4,6H2,1H3,(H,12,16). The Morgan fingerprint density at radius 3 is 2.94 bits per heavy atom. The normalized spacial score (nSPS) is 12.1. The number of hydrogen-bond acceptors (Lipinski definition) is 5. The number of amides is 1. The van der Waals surface area contributed by atoms with Crippen molar-refractivity contribution in [3.63, 3.8) is 0 Å². The number of rotatable bonds is 7. The molecule has 0 aliphatic rings. The molecule has 0 aliphatic heterocycles. The summed E-state index contributed by atoms with van der Waals surface area (Å²) in [5.41, 5.74) is 0. The van der Waals surface area contributed by atoms with Gasteiger partial charge < -0.3 is 25.1 Å². The highest BCUT2D eigenvalue weighted by atomic mass is 16.6. The van der Waals surface area contributed by atoms with Crippen molar-refractivity contribution in [3.8, 4) is 0 Å². The third-order valence-electron chi connectivity index (χ3n) is 2.48. The third-order valence-corrected chi connectivity index (χ3v) is 2.48. The van der Waals surface area contributed by atoms with Crippen molar-refractivity contribution >= 4 is 11.7 Å². The van der Waals surface area contributed by atoms with Gasteiger partial charge in [0.2, 0.25) is 12.2 Å². The number of nitrogens with zero attached hydrogens (tertiary/aromatic N) is 3. The second-order valence-corrected chi connectivity index (χ2v) is 3.83. The Bertz CT molecular complexity index is 414. The molecule has 0 aromatic carbocycles. The van der Waals surface area contributed by atoms with E-state index >= 15 is 0 Å². The van der Waals surface area contributed by atoms with Crippen LogP contribution in [0.5, 0.6) is 0 Å². The number of aliphatic hydroxyl groups is 1. The van der Waals surface area contributed by atoms with Crippen LogP contribution < -0.4 is 5.32 Å². The van der Waals surface area contributed by atoms with E-state index < -0.39 is 4.92 Å². The number of nitro groups is 1. The van der Waals surface area contributed by atoms with Crippen molar-refractivity contribution in [2.45, 2.75) is 32.4 Å². The molecule has 1 unspecified atom stereocenters. The van der Waals surface area contributed by atoms with Gasteiger partial charge >= 0.3 is 5.82 Å². The number of aryl methyl sites for hydroxylation is 1. The summed E-state index contributed by atoms with van der Waals surface area (Å²) in [6, 6.07) is -0.241. The summed E-state index contributed by atoms with van der Waals surface area (Å²) in [7, 11) is 0. The van der Waals surface area contributed by atoms with E-state index in [0.717, 1.165) is 0 Å². The SMILES string of the molecule is CCC(CO)NC(=O)CCn1cnc([N+](=O)[O-])c1. The van der Waals surface area contributed by atoms with Gasteiger partial charge in [-0.05, 0) is 16.3 Å². The van der Waals surface area contributed by atoms with Gasteiger partial charge in [0.15, 0.2) is 0 Å². The molecule has 18 heavy (non-hydrogen) atoms. The summed E-state index contributed by atoms with van der Waals surface area (Å²) < 4.78 is 1.48. The zero-order chi connectivity index (χ0) is 13.5. The average molecular weight is 256 g/mol. The second kappa shape index (κ2) is 6.70. The Hall–Kier alpha value is -1.96. The van der Waals surface area contributed by atoms with E-state index in [9.17, 15) is 14.9 Å². The van der Waals surface area contributed by atoms with Crippen LogP contribution in [0.2, 0.25) is 0 Å². The smallest absolute Gasteiger partial charge is 0.381 e. The second-order valence-electron chi connectivity index (χ2n) is 3.83. The minimum Gasteiger partial charge on any atom is -0.394 e. The Morgan fingerprint density at radius 1 is 1.72 bits per heavy atom. The van der Waals surface area contributed by atoms with Crippen molar-refractivity contribution in [3.05, 3.63) is 22.6 Å². The quantitative estimate of drug-likeness (QED) is 0.529. The lowest BCUT2D eigenvalue weighted by Crippen LogP contribution is -2.37. The molecule has 1 aromatic rings. The van der Waals surface area contributed by atoms with Gasteiger partial charge in [-0.3, -0.25) is 4.79 Å². The zero-order valence-corrected chi connectivity index (χ0v) is 10.1. The fraction of sp³-hybridized carbons (Fsp3) is 0.600. The van der Waals surface area contributed by atoms with Gasteiger partial charge in [-0.25, -0.2) is 0 Å². The van der Waals surface area contributed by atoms with Crippen LogP contribution in [0.15, 0.2) is 12.5 Å². The summed E-state index contributed by atoms with van der Waals surface area (Å²) in [6.07, 6.45) is 3.42. The maximum absolute atomic E-state index is 11.5. The monoisotopic (exact) mass is 256 g/mol. The Kier molecular flexibility index (Phi) is 5.25. The molecular formula is C10H16N4O4. The topological polar surface area (TPSA) is 110 Å². The van der Waals surface area contributed by atoms with Gasteiger partial charge in [-0.2, -0.15) is 0 Å². The third kappa shape index (κ3) is 4.13. The molecule has 0 spiro atoms. The number of carbonyl (C=O) groups is 1. The molecule has 1 amide bonds. The van der Waals surface area contributed by atoms with Crippen LogP contribution in [-0.2, 0) is 11.3 Å². The maximum Gasteiger partial charge on any atom is 0.381 e. The molecule has 8 nitrogen and oxygen atoms in total. The van der Waals surface area contributed by atoms with Crippen LogP contribution in [0.1, 0.15) is 19.8 Å². The molecule has 0 radical (unpaired) electrons. The summed E-state index contributed by atoms with van der Waals surface area (Å²) in [5, 5.41) is 22.0. The van der Waals surface area contributed by atoms with Crippen LogP contribution in [0, 0.1) is 10.1 Å². The lowest BCUT2D eigenvalue weighted by atomic mass is 10.2. The fourth-order valence-electron chi connectivity index (χ4n) is 1.37. The highest BCUT2D eigenvalue weighted by Crippen LogP contribution is 2.06. The first-order valence-electron chi connectivity index (χ1n) is 5.63. The zero-order valence-electron chi connectivity index (χ0n) is 10.1. The predicted molar refractivity (Wildman–Crippen MR) is 62.8 cm³/mol. The van der Waals surface area contributed by atoms with Crippen molar-refractivity contribution in [1.82, 2.24) is 14.9 Å². The van der Waals surface area contributed by atoms with E-state index in [1.165, 1.54) is 17.1 Å². The Balaban J connectivity index is 2.39. The number of aliphatic hydroxyl groups excluding tert-OH is 1. The summed E-state index contributed by atoms with van der Waals surface area (Å²) in [6.45, 7) is 2.08. The van der Waals surface area contributed by atoms with Gasteiger partial charge in [-0.15, -0.1) is 0 Å². The van der Waals surface area contributed by atoms with E-state index in [1.807, 2.05) is 6.92 Å². The van der Waals surface area contributed by atoms with E-state index in [4.69, 9.17) is 5.11 Å². The fourth-order valence-corrected chi connectivity index (χ4v) is 1.37. The Morgan fingerprint density at radius 2 is 2.44 bits per heavy atom. The molecule has 0 aliphatic carbocycles. The summed E-state index contributed by atoms with van der Waals surface area (Å²) >= 11 is 0. The highest BCUT2D eigenvalue weighted by molar-refractivity contribution is 5.76. The Labute approximate surface area is 104 Å². The molecule has 0 fully saturated rings. The van der Waals surface area contributed by atoms with Gasteiger partial charge in [0, 0.05) is 13.0 Å². The largest absolute Gasteiger partial charge is 0.394 e. The first-order valence-corrected chi connectivity index (χ1v) is 5.63. The number of carbonyl (C=O) groups excluding carboxylic acids is 1. The van der Waals surface area contributed by atoms with Crippen molar-refractivity contribution in [1.29, 1.82) is 0 Å². The minimum absolute atomic E-state index is 0.0984. The van der Waals surface area contributed by atoms with Crippen molar-refractivity contribution in [2.24, 2.45) is 0 Å². The number of imidazole rings is 1. The van der Waals surface area contributed by atoms with E-state index in [0.29, 0.717) is 13.0 Å².